The second-order valence-electron chi connectivity index (χ2n) is 12.5. The quantitative estimate of drug-likeness (QED) is 0.0443. The van der Waals surface area contributed by atoms with Crippen LogP contribution in [0.15, 0.2) is 36.4 Å². The van der Waals surface area contributed by atoms with Crippen molar-refractivity contribution in [3.63, 3.8) is 0 Å². The molecule has 2 rings (SSSR count). The predicted molar refractivity (Wildman–Crippen MR) is 207 cm³/mol. The van der Waals surface area contributed by atoms with Crippen LogP contribution in [0.5, 0.6) is 0 Å². The molecule has 2 aromatic rings. The normalized spacial score (nSPS) is 12.3. The van der Waals surface area contributed by atoms with E-state index >= 15 is 0 Å². The van der Waals surface area contributed by atoms with Crippen LogP contribution in [0, 0.1) is 13.8 Å². The van der Waals surface area contributed by atoms with Gasteiger partial charge in [0.1, 0.15) is 5.60 Å². The van der Waals surface area contributed by atoms with Crippen LogP contribution in [0.3, 0.4) is 0 Å². The SMILES string of the molecule is Cc1ccc(N(CCCl)CCCl)cc1C(CN)CC(=O)O.Cc1ccc(N(CCCl)CCCl)cc1C(CN[B]C=O)CC(=O)OC(C)(C)C. The molecule has 2 atom stereocenters. The van der Waals surface area contributed by atoms with Gasteiger partial charge in [-0.25, -0.2) is 0 Å². The van der Waals surface area contributed by atoms with E-state index in [4.69, 9.17) is 62.0 Å². The van der Waals surface area contributed by atoms with Gasteiger partial charge in [0.15, 0.2) is 0 Å². The number of alkyl halides is 4. The lowest BCUT2D eigenvalue weighted by atomic mass is 9.88. The summed E-state index contributed by atoms with van der Waals surface area (Å²) >= 11 is 23.5. The number of hydrogen-bond acceptors (Lipinski definition) is 8. The Balaban J connectivity index is 0.000000510. The van der Waals surface area contributed by atoms with E-state index in [9.17, 15) is 14.4 Å². The lowest BCUT2D eigenvalue weighted by molar-refractivity contribution is -0.155. The van der Waals surface area contributed by atoms with Crippen molar-refractivity contribution in [2.24, 2.45) is 5.73 Å². The summed E-state index contributed by atoms with van der Waals surface area (Å²) in [6.07, 6.45) is 0.939. The standard InChI is InChI=1S/C20H30BCl2N2O3.C15H22Cl2N2O2/c1-15-5-6-17(25(9-7-22)10-8-23)12-18(15)16(13-24-21-14-26)11-19(27)28-20(2,3)4;1-11-2-3-13(19(6-4-16)7-5-17)9-14(11)12(10-18)8-15(20)21/h5-6,12,14,16,24H,7-11,13H2,1-4H3;2-3,9,12H,4-8,10,18H2,1H3,(H,20,21). The van der Waals surface area contributed by atoms with E-state index in [1.54, 1.807) is 0 Å². The summed E-state index contributed by atoms with van der Waals surface area (Å²) in [7, 11) is 1.34. The zero-order chi connectivity index (χ0) is 37.0. The van der Waals surface area contributed by atoms with Gasteiger partial charge in [0.25, 0.3) is 7.41 Å². The molecule has 0 fully saturated rings. The molecular formula is C35H52BCl4N4O5. The van der Waals surface area contributed by atoms with Gasteiger partial charge in [0.2, 0.25) is 0 Å². The van der Waals surface area contributed by atoms with Gasteiger partial charge in [0.05, 0.1) is 19.0 Å². The number of hydrogen-bond donors (Lipinski definition) is 3. The number of carboxylic acid groups (broad SMARTS) is 1. The van der Waals surface area contributed by atoms with Crippen LogP contribution >= 0.6 is 46.4 Å². The van der Waals surface area contributed by atoms with Crippen molar-refractivity contribution in [1.29, 1.82) is 0 Å². The molecular weight excluding hydrogens is 709 g/mol. The highest BCUT2D eigenvalue weighted by molar-refractivity contribution is 6.64. The van der Waals surface area contributed by atoms with E-state index in [0.29, 0.717) is 69.0 Å². The zero-order valence-corrected chi connectivity index (χ0v) is 32.3. The summed E-state index contributed by atoms with van der Waals surface area (Å²) in [5, 5.41) is 12.0. The van der Waals surface area contributed by atoms with Crippen LogP contribution in [0.25, 0.3) is 0 Å². The van der Waals surface area contributed by atoms with Gasteiger partial charge in [-0.2, -0.15) is 0 Å². The van der Waals surface area contributed by atoms with Crippen LogP contribution in [-0.2, 0) is 19.1 Å². The van der Waals surface area contributed by atoms with Crippen LogP contribution in [-0.4, -0.2) is 99.0 Å². The first-order chi connectivity index (χ1) is 23.2. The average molecular weight is 761 g/mol. The van der Waals surface area contributed by atoms with E-state index in [-0.39, 0.29) is 30.6 Å². The van der Waals surface area contributed by atoms with Crippen LogP contribution in [0.1, 0.15) is 67.7 Å². The number of benzene rings is 2. The molecule has 0 aliphatic carbocycles. The highest BCUT2D eigenvalue weighted by atomic mass is 35.5. The highest BCUT2D eigenvalue weighted by Gasteiger charge is 2.24. The minimum absolute atomic E-state index is 0.0335. The van der Waals surface area contributed by atoms with Gasteiger partial charge >= 0.3 is 11.9 Å². The summed E-state index contributed by atoms with van der Waals surface area (Å²) < 4.78 is 5.50. The van der Waals surface area contributed by atoms with Crippen molar-refractivity contribution < 1.29 is 24.2 Å². The third-order valence-corrected chi connectivity index (χ3v) is 8.32. The summed E-state index contributed by atoms with van der Waals surface area (Å²) in [6, 6.07) is 12.1. The highest BCUT2D eigenvalue weighted by Crippen LogP contribution is 2.30. The molecule has 2 aromatic carbocycles. The Morgan fingerprint density at radius 2 is 1.31 bits per heavy atom. The van der Waals surface area contributed by atoms with Gasteiger partial charge in [-0.1, -0.05) is 12.1 Å². The molecule has 0 amide bonds. The molecule has 0 spiro atoms. The van der Waals surface area contributed by atoms with Crippen molar-refractivity contribution in [3.8, 4) is 0 Å². The van der Waals surface area contributed by atoms with Gasteiger partial charge < -0.3 is 35.4 Å². The number of ether oxygens (including phenoxy) is 1. The summed E-state index contributed by atoms with van der Waals surface area (Å²) in [5.74, 6) is 0.581. The number of rotatable bonds is 21. The summed E-state index contributed by atoms with van der Waals surface area (Å²) in [4.78, 5) is 38.3. The number of nitrogens with two attached hydrogens (primary N) is 1. The number of esters is 1. The Labute approximate surface area is 313 Å². The van der Waals surface area contributed by atoms with Crippen molar-refractivity contribution >= 4 is 83.3 Å². The molecule has 14 heteroatoms. The molecule has 0 aromatic heterocycles. The average Bonchev–Trinajstić information content (AvgIpc) is 3.03. The Bertz CT molecular complexity index is 1290. The van der Waals surface area contributed by atoms with Crippen molar-refractivity contribution in [3.05, 3.63) is 58.7 Å². The van der Waals surface area contributed by atoms with Crippen molar-refractivity contribution in [2.45, 2.75) is 64.9 Å². The molecule has 9 nitrogen and oxygen atoms in total. The number of anilines is 2. The molecule has 0 aliphatic heterocycles. The number of carbonyl (C=O) groups excluding carboxylic acids is 2. The third kappa shape index (κ3) is 17.0. The monoisotopic (exact) mass is 759 g/mol. The number of halogens is 4. The Morgan fingerprint density at radius 1 is 0.857 bits per heavy atom. The molecule has 0 aliphatic rings. The molecule has 4 N–H and O–H groups in total. The van der Waals surface area contributed by atoms with E-state index in [1.165, 1.54) is 7.41 Å². The minimum Gasteiger partial charge on any atom is -0.481 e. The molecule has 0 heterocycles. The fourth-order valence-electron chi connectivity index (χ4n) is 5.34. The van der Waals surface area contributed by atoms with Crippen molar-refractivity contribution in [1.82, 2.24) is 5.23 Å². The van der Waals surface area contributed by atoms with E-state index in [0.717, 1.165) is 33.6 Å². The maximum atomic E-state index is 12.4. The molecule has 273 valence electrons. The fraction of sp³-hybridized carbons (Fsp3) is 0.571. The summed E-state index contributed by atoms with van der Waals surface area (Å²) in [6.45, 7) is 13.0. The van der Waals surface area contributed by atoms with Gasteiger partial charge in [-0.15, -0.1) is 46.4 Å². The first-order valence-electron chi connectivity index (χ1n) is 16.3. The van der Waals surface area contributed by atoms with Crippen LogP contribution in [0.2, 0.25) is 0 Å². The number of carboxylic acids is 1. The molecule has 0 saturated carbocycles. The number of nitrogens with one attached hydrogen (secondary N) is 1. The molecule has 0 saturated heterocycles. The number of aliphatic carboxylic acids is 1. The van der Waals surface area contributed by atoms with Crippen LogP contribution in [0.4, 0.5) is 11.4 Å². The van der Waals surface area contributed by atoms with Gasteiger partial charge in [0, 0.05) is 72.9 Å². The fourth-order valence-corrected chi connectivity index (χ4v) is 6.16. The number of aryl methyl sites for hydroxylation is 2. The number of carbonyl (C=O) groups is 3. The Hall–Kier alpha value is -2.21. The van der Waals surface area contributed by atoms with Crippen molar-refractivity contribution in [2.75, 3.05) is 72.6 Å². The first-order valence-corrected chi connectivity index (χ1v) is 18.5. The van der Waals surface area contributed by atoms with Gasteiger partial charge in [-0.3, -0.25) is 9.59 Å². The Kier molecular flexibility index (Phi) is 22.0. The molecule has 49 heavy (non-hydrogen) atoms. The van der Waals surface area contributed by atoms with Crippen LogP contribution < -0.4 is 20.8 Å². The topological polar surface area (TPSA) is 125 Å². The van der Waals surface area contributed by atoms with E-state index < -0.39 is 11.6 Å². The lowest BCUT2D eigenvalue weighted by Gasteiger charge is -2.27. The first kappa shape index (κ1) is 44.8. The van der Waals surface area contributed by atoms with Gasteiger partial charge in [-0.05, 0) is 94.2 Å². The Morgan fingerprint density at radius 3 is 1.67 bits per heavy atom. The summed E-state index contributed by atoms with van der Waals surface area (Å²) in [5.41, 5.74) is 11.3. The zero-order valence-electron chi connectivity index (χ0n) is 29.3. The predicted octanol–water partition coefficient (Wildman–Crippen LogP) is 6.29. The largest absolute Gasteiger partial charge is 0.481 e. The lowest BCUT2D eigenvalue weighted by Crippen LogP contribution is -2.31. The van der Waals surface area contributed by atoms with E-state index in [2.05, 4.69) is 21.1 Å². The molecule has 1 radical (unpaired) electrons. The van der Waals surface area contributed by atoms with E-state index in [1.807, 2.05) is 65.0 Å². The molecule has 0 bridgehead atoms. The second kappa shape index (κ2) is 24.1. The second-order valence-corrected chi connectivity index (χ2v) is 14.1. The minimum atomic E-state index is -0.839. The maximum Gasteiger partial charge on any atom is 0.306 e. The number of nitrogens with zero attached hydrogens (tertiary/aromatic N) is 2. The molecule has 2 unspecified atom stereocenters. The smallest absolute Gasteiger partial charge is 0.306 e. The third-order valence-electron chi connectivity index (χ3n) is 7.64. The maximum absolute atomic E-state index is 12.4.